The molecule has 166 valence electrons. The van der Waals surface area contributed by atoms with Crippen molar-refractivity contribution < 1.29 is 0 Å². The summed E-state index contributed by atoms with van der Waals surface area (Å²) in [7, 11) is 0. The van der Waals surface area contributed by atoms with Crippen LogP contribution < -0.4 is 0 Å². The number of fused-ring (bicyclic) bond motifs is 1. The normalized spacial score (nSPS) is 16.5. The first-order chi connectivity index (χ1) is 15.8. The lowest BCUT2D eigenvalue weighted by Gasteiger charge is -2.35. The van der Waals surface area contributed by atoms with Crippen LogP contribution in [0.25, 0.3) is 16.6 Å². The third kappa shape index (κ3) is 4.71. The minimum absolute atomic E-state index is 0.417. The first-order valence-electron chi connectivity index (χ1n) is 11.4. The number of nitrogens with zero attached hydrogens (tertiary/aromatic N) is 7. The van der Waals surface area contributed by atoms with Crippen LogP contribution in [0.4, 0.5) is 0 Å². The second-order valence-corrected chi connectivity index (χ2v) is 8.69. The quantitative estimate of drug-likeness (QED) is 0.463. The number of hydrogen-bond donors (Lipinski definition) is 1. The van der Waals surface area contributed by atoms with Gasteiger partial charge in [0.05, 0.1) is 5.69 Å². The van der Waals surface area contributed by atoms with Gasteiger partial charge in [-0.25, -0.2) is 0 Å². The number of aromatic amines is 1. The molecule has 1 saturated heterocycles. The van der Waals surface area contributed by atoms with Gasteiger partial charge in [-0.15, -0.1) is 10.2 Å². The fourth-order valence-electron chi connectivity index (χ4n) is 4.60. The monoisotopic (exact) mass is 430 g/mol. The van der Waals surface area contributed by atoms with Crippen molar-refractivity contribution in [1.29, 1.82) is 0 Å². The minimum atomic E-state index is 0.417. The Morgan fingerprint density at radius 2 is 1.84 bits per heavy atom. The summed E-state index contributed by atoms with van der Waals surface area (Å²) in [6, 6.07) is 6.45. The summed E-state index contributed by atoms with van der Waals surface area (Å²) < 4.78 is 1.95. The SMILES string of the molecule is CC(CN1CCN(CCCc2c[nH]c3ccc(-n4cnnc4)cc23)CC1)c1cnccn1. The molecule has 5 rings (SSSR count). The lowest BCUT2D eigenvalue weighted by molar-refractivity contribution is 0.127. The highest BCUT2D eigenvalue weighted by molar-refractivity contribution is 5.85. The molecule has 1 aliphatic heterocycles. The second kappa shape index (κ2) is 9.58. The van der Waals surface area contributed by atoms with Crippen LogP contribution in [0, 0.1) is 0 Å². The van der Waals surface area contributed by atoms with E-state index in [9.17, 15) is 0 Å². The number of nitrogens with one attached hydrogen (secondary N) is 1. The van der Waals surface area contributed by atoms with Crippen molar-refractivity contribution in [3.8, 4) is 5.69 Å². The first-order valence-corrected chi connectivity index (χ1v) is 11.4. The molecule has 1 fully saturated rings. The van der Waals surface area contributed by atoms with Crippen LogP contribution in [-0.4, -0.2) is 78.8 Å². The van der Waals surface area contributed by atoms with E-state index in [2.05, 4.69) is 66.3 Å². The Balaban J connectivity index is 1.10. The molecule has 4 aromatic rings. The van der Waals surface area contributed by atoms with E-state index in [0.29, 0.717) is 5.92 Å². The van der Waals surface area contributed by atoms with Gasteiger partial charge >= 0.3 is 0 Å². The highest BCUT2D eigenvalue weighted by Crippen LogP contribution is 2.23. The maximum absolute atomic E-state index is 4.46. The van der Waals surface area contributed by atoms with Gasteiger partial charge < -0.3 is 14.8 Å². The highest BCUT2D eigenvalue weighted by atomic mass is 15.3. The van der Waals surface area contributed by atoms with E-state index in [4.69, 9.17) is 0 Å². The third-order valence-corrected chi connectivity index (χ3v) is 6.47. The number of H-pyrrole nitrogens is 1. The van der Waals surface area contributed by atoms with E-state index < -0.39 is 0 Å². The van der Waals surface area contributed by atoms with E-state index in [1.807, 2.05) is 10.8 Å². The van der Waals surface area contributed by atoms with Crippen LogP contribution in [-0.2, 0) is 6.42 Å². The standard InChI is InChI=1S/C24H30N8/c1-19(24-15-25-6-7-26-24)16-31-11-9-30(10-12-31)8-2-3-20-14-27-23-5-4-21(13-22(20)23)32-17-28-29-18-32/h4-7,13-15,17-19,27H,2-3,8-12,16H2,1H3. The average molecular weight is 431 g/mol. The third-order valence-electron chi connectivity index (χ3n) is 6.47. The summed E-state index contributed by atoms with van der Waals surface area (Å²) in [6.45, 7) is 8.96. The van der Waals surface area contributed by atoms with Gasteiger partial charge in [0.1, 0.15) is 12.7 Å². The lowest BCUT2D eigenvalue weighted by atomic mass is 10.1. The zero-order valence-electron chi connectivity index (χ0n) is 18.6. The molecule has 3 aromatic heterocycles. The van der Waals surface area contributed by atoms with Crippen molar-refractivity contribution in [2.45, 2.75) is 25.7 Å². The average Bonchev–Trinajstić information content (AvgIpc) is 3.51. The summed E-state index contributed by atoms with van der Waals surface area (Å²) in [5.41, 5.74) is 4.74. The van der Waals surface area contributed by atoms with Crippen molar-refractivity contribution >= 4 is 10.9 Å². The van der Waals surface area contributed by atoms with Crippen LogP contribution in [0.5, 0.6) is 0 Å². The summed E-state index contributed by atoms with van der Waals surface area (Å²) in [4.78, 5) is 17.2. The molecule has 8 heteroatoms. The van der Waals surface area contributed by atoms with Crippen molar-refractivity contribution in [2.24, 2.45) is 0 Å². The molecule has 0 spiro atoms. The van der Waals surface area contributed by atoms with Gasteiger partial charge in [0, 0.05) is 80.0 Å². The summed E-state index contributed by atoms with van der Waals surface area (Å²) >= 11 is 0. The molecular weight excluding hydrogens is 400 g/mol. The summed E-state index contributed by atoms with van der Waals surface area (Å²) in [5.74, 6) is 0.417. The molecule has 0 radical (unpaired) electrons. The first kappa shape index (κ1) is 20.8. The number of hydrogen-bond acceptors (Lipinski definition) is 6. The molecule has 8 nitrogen and oxygen atoms in total. The molecule has 1 unspecified atom stereocenters. The summed E-state index contributed by atoms with van der Waals surface area (Å²) in [5, 5.41) is 9.12. The predicted octanol–water partition coefficient (Wildman–Crippen LogP) is 2.89. The molecule has 32 heavy (non-hydrogen) atoms. The Morgan fingerprint density at radius 1 is 1.03 bits per heavy atom. The Kier molecular flexibility index (Phi) is 6.22. The van der Waals surface area contributed by atoms with E-state index in [1.54, 1.807) is 25.0 Å². The van der Waals surface area contributed by atoms with E-state index >= 15 is 0 Å². The summed E-state index contributed by atoms with van der Waals surface area (Å²) in [6.07, 6.45) is 13.3. The van der Waals surface area contributed by atoms with Gasteiger partial charge in [-0.1, -0.05) is 6.92 Å². The topological polar surface area (TPSA) is 78.8 Å². The molecular formula is C24H30N8. The molecule has 0 bridgehead atoms. The van der Waals surface area contributed by atoms with Crippen LogP contribution in [0.2, 0.25) is 0 Å². The molecule has 4 heterocycles. The Bertz CT molecular complexity index is 1110. The van der Waals surface area contributed by atoms with Crippen molar-refractivity contribution in [1.82, 2.24) is 39.5 Å². The number of piperazine rings is 1. The zero-order chi connectivity index (χ0) is 21.8. The maximum Gasteiger partial charge on any atom is 0.123 e. The fraction of sp³-hybridized carbons (Fsp3) is 0.417. The minimum Gasteiger partial charge on any atom is -0.361 e. The largest absolute Gasteiger partial charge is 0.361 e. The molecule has 0 amide bonds. The molecule has 0 aliphatic carbocycles. The van der Waals surface area contributed by atoms with Crippen LogP contribution in [0.15, 0.2) is 55.6 Å². The number of aryl methyl sites for hydroxylation is 1. The number of rotatable bonds is 8. The molecule has 0 saturated carbocycles. The van der Waals surface area contributed by atoms with E-state index in [1.165, 1.54) is 22.9 Å². The lowest BCUT2D eigenvalue weighted by Crippen LogP contribution is -2.47. The van der Waals surface area contributed by atoms with Crippen LogP contribution >= 0.6 is 0 Å². The van der Waals surface area contributed by atoms with E-state index in [0.717, 1.165) is 57.1 Å². The fourth-order valence-corrected chi connectivity index (χ4v) is 4.60. The Morgan fingerprint density at radius 3 is 2.62 bits per heavy atom. The number of aromatic nitrogens is 6. The highest BCUT2D eigenvalue weighted by Gasteiger charge is 2.19. The molecule has 1 N–H and O–H groups in total. The zero-order valence-corrected chi connectivity index (χ0v) is 18.6. The molecule has 1 aromatic carbocycles. The van der Waals surface area contributed by atoms with Gasteiger partial charge in [-0.2, -0.15) is 0 Å². The van der Waals surface area contributed by atoms with Gasteiger partial charge in [0.15, 0.2) is 0 Å². The Labute approximate surface area is 188 Å². The van der Waals surface area contributed by atoms with Gasteiger partial charge in [-0.3, -0.25) is 14.5 Å². The number of benzene rings is 1. The van der Waals surface area contributed by atoms with Crippen molar-refractivity contribution in [3.05, 3.63) is 66.9 Å². The molecule has 1 atom stereocenters. The van der Waals surface area contributed by atoms with Crippen LogP contribution in [0.3, 0.4) is 0 Å². The van der Waals surface area contributed by atoms with Gasteiger partial charge in [0.2, 0.25) is 0 Å². The van der Waals surface area contributed by atoms with Gasteiger partial charge in [0.25, 0.3) is 0 Å². The second-order valence-electron chi connectivity index (χ2n) is 8.69. The van der Waals surface area contributed by atoms with Gasteiger partial charge in [-0.05, 0) is 43.1 Å². The van der Waals surface area contributed by atoms with Crippen molar-refractivity contribution in [3.63, 3.8) is 0 Å². The predicted molar refractivity (Wildman–Crippen MR) is 125 cm³/mol. The Hall–Kier alpha value is -3.10. The smallest absolute Gasteiger partial charge is 0.123 e. The van der Waals surface area contributed by atoms with Crippen molar-refractivity contribution in [2.75, 3.05) is 39.3 Å². The maximum atomic E-state index is 4.46. The van der Waals surface area contributed by atoms with E-state index in [-0.39, 0.29) is 0 Å². The van der Waals surface area contributed by atoms with Crippen LogP contribution in [0.1, 0.15) is 30.5 Å². The molecule has 1 aliphatic rings.